The van der Waals surface area contributed by atoms with E-state index in [9.17, 15) is 23.3 Å². The lowest BCUT2D eigenvalue weighted by molar-refractivity contribution is -0.384. The summed E-state index contributed by atoms with van der Waals surface area (Å²) in [5.41, 5.74) is 2.05. The highest BCUT2D eigenvalue weighted by Gasteiger charge is 2.28. The maximum absolute atomic E-state index is 13.3. The van der Waals surface area contributed by atoms with Crippen molar-refractivity contribution in [2.24, 2.45) is 0 Å². The highest BCUT2D eigenvalue weighted by Crippen LogP contribution is 2.26. The fourth-order valence-electron chi connectivity index (χ4n) is 3.32. The number of anilines is 1. The van der Waals surface area contributed by atoms with Crippen molar-refractivity contribution in [3.05, 3.63) is 100 Å². The molecule has 3 rings (SSSR count). The SMILES string of the molecule is CCc1ccc(C(C)NC(=O)CN(c2ccc([N+](=O)[O-])cc2)S(=O)(=O)c2ccccc2)cc1. The molecule has 0 heterocycles. The van der Waals surface area contributed by atoms with Gasteiger partial charge in [0, 0.05) is 12.1 Å². The number of benzene rings is 3. The number of carbonyl (C=O) groups is 1. The van der Waals surface area contributed by atoms with Gasteiger partial charge in [-0.25, -0.2) is 8.42 Å². The number of amides is 1. The smallest absolute Gasteiger partial charge is 0.269 e. The van der Waals surface area contributed by atoms with Crippen LogP contribution in [0.3, 0.4) is 0 Å². The summed E-state index contributed by atoms with van der Waals surface area (Å²) in [4.78, 5) is 23.3. The van der Waals surface area contributed by atoms with E-state index in [4.69, 9.17) is 0 Å². The third-order valence-corrected chi connectivity index (χ3v) is 7.02. The molecule has 0 aliphatic heterocycles. The van der Waals surface area contributed by atoms with Gasteiger partial charge in [0.2, 0.25) is 5.91 Å². The Bertz CT molecular complexity index is 1210. The quantitative estimate of drug-likeness (QED) is 0.374. The molecule has 33 heavy (non-hydrogen) atoms. The van der Waals surface area contributed by atoms with Crippen LogP contribution in [-0.4, -0.2) is 25.8 Å². The van der Waals surface area contributed by atoms with Gasteiger partial charge >= 0.3 is 0 Å². The molecule has 0 aromatic heterocycles. The van der Waals surface area contributed by atoms with Crippen LogP contribution in [0.5, 0.6) is 0 Å². The predicted molar refractivity (Wildman–Crippen MR) is 126 cm³/mol. The van der Waals surface area contributed by atoms with Crippen molar-refractivity contribution < 1.29 is 18.1 Å². The zero-order chi connectivity index (χ0) is 24.0. The van der Waals surface area contributed by atoms with Gasteiger partial charge in [-0.1, -0.05) is 49.4 Å². The highest BCUT2D eigenvalue weighted by molar-refractivity contribution is 7.92. The number of rotatable bonds is 9. The number of nitro groups is 1. The van der Waals surface area contributed by atoms with E-state index in [1.54, 1.807) is 18.2 Å². The van der Waals surface area contributed by atoms with E-state index in [0.717, 1.165) is 16.3 Å². The first-order chi connectivity index (χ1) is 15.7. The van der Waals surface area contributed by atoms with E-state index in [1.807, 2.05) is 31.2 Å². The summed E-state index contributed by atoms with van der Waals surface area (Å²) in [7, 11) is -4.09. The first kappa shape index (κ1) is 23.9. The second kappa shape index (κ2) is 10.3. The van der Waals surface area contributed by atoms with Crippen molar-refractivity contribution in [2.45, 2.75) is 31.2 Å². The summed E-state index contributed by atoms with van der Waals surface area (Å²) >= 11 is 0. The van der Waals surface area contributed by atoms with Crippen LogP contribution in [0.25, 0.3) is 0 Å². The molecule has 1 amide bonds. The first-order valence-electron chi connectivity index (χ1n) is 10.4. The van der Waals surface area contributed by atoms with Crippen molar-refractivity contribution in [2.75, 3.05) is 10.8 Å². The van der Waals surface area contributed by atoms with Crippen LogP contribution in [0.2, 0.25) is 0 Å². The van der Waals surface area contributed by atoms with Crippen LogP contribution in [0.4, 0.5) is 11.4 Å². The number of hydrogen-bond donors (Lipinski definition) is 1. The van der Waals surface area contributed by atoms with Crippen LogP contribution < -0.4 is 9.62 Å². The molecule has 1 unspecified atom stereocenters. The molecule has 0 bridgehead atoms. The Morgan fingerprint density at radius 2 is 1.61 bits per heavy atom. The minimum Gasteiger partial charge on any atom is -0.348 e. The fourth-order valence-corrected chi connectivity index (χ4v) is 4.76. The van der Waals surface area contributed by atoms with Gasteiger partial charge in [-0.05, 0) is 48.7 Å². The molecule has 172 valence electrons. The Hall–Kier alpha value is -3.72. The Labute approximate surface area is 193 Å². The molecule has 3 aromatic carbocycles. The van der Waals surface area contributed by atoms with Gasteiger partial charge in [0.05, 0.1) is 21.5 Å². The van der Waals surface area contributed by atoms with E-state index in [-0.39, 0.29) is 22.3 Å². The lowest BCUT2D eigenvalue weighted by Gasteiger charge is -2.25. The lowest BCUT2D eigenvalue weighted by atomic mass is 10.1. The van der Waals surface area contributed by atoms with Gasteiger partial charge in [-0.2, -0.15) is 0 Å². The molecule has 0 radical (unpaired) electrons. The molecule has 0 aliphatic rings. The standard InChI is InChI=1S/C24H25N3O5S/c1-3-19-9-11-20(12-10-19)18(2)25-24(28)17-26(21-13-15-22(16-14-21)27(29)30)33(31,32)23-7-5-4-6-8-23/h4-16,18H,3,17H2,1-2H3,(H,25,28). The third kappa shape index (κ3) is 5.75. The van der Waals surface area contributed by atoms with Crippen molar-refractivity contribution in [1.82, 2.24) is 5.32 Å². The second-order valence-corrected chi connectivity index (χ2v) is 9.34. The maximum Gasteiger partial charge on any atom is 0.269 e. The van der Waals surface area contributed by atoms with Gasteiger partial charge in [-0.3, -0.25) is 19.2 Å². The Kier molecular flexibility index (Phi) is 7.44. The normalized spacial score (nSPS) is 12.1. The molecular weight excluding hydrogens is 442 g/mol. The first-order valence-corrected chi connectivity index (χ1v) is 11.9. The van der Waals surface area contributed by atoms with Crippen molar-refractivity contribution in [3.8, 4) is 0 Å². The zero-order valence-corrected chi connectivity index (χ0v) is 19.2. The van der Waals surface area contributed by atoms with E-state index in [0.29, 0.717) is 0 Å². The highest BCUT2D eigenvalue weighted by atomic mass is 32.2. The number of nitro benzene ring substituents is 1. The summed E-state index contributed by atoms with van der Waals surface area (Å²) in [6.07, 6.45) is 0.905. The summed E-state index contributed by atoms with van der Waals surface area (Å²) in [5, 5.41) is 13.8. The van der Waals surface area contributed by atoms with E-state index in [1.165, 1.54) is 42.0 Å². The molecule has 0 saturated carbocycles. The van der Waals surface area contributed by atoms with Crippen molar-refractivity contribution in [1.29, 1.82) is 0 Å². The number of nitrogens with one attached hydrogen (secondary N) is 1. The van der Waals surface area contributed by atoms with Gasteiger partial charge in [0.15, 0.2) is 0 Å². The Morgan fingerprint density at radius 1 is 1.00 bits per heavy atom. The minimum atomic E-state index is -4.09. The predicted octanol–water partition coefficient (Wildman–Crippen LogP) is 4.23. The minimum absolute atomic E-state index is 0.0133. The van der Waals surface area contributed by atoms with Gasteiger partial charge in [0.25, 0.3) is 15.7 Å². The fraction of sp³-hybridized carbons (Fsp3) is 0.208. The number of nitrogens with zero attached hydrogens (tertiary/aromatic N) is 2. The molecule has 1 N–H and O–H groups in total. The van der Waals surface area contributed by atoms with Gasteiger partial charge in [0.1, 0.15) is 6.54 Å². The molecule has 0 saturated heterocycles. The average molecular weight is 468 g/mol. The molecule has 3 aromatic rings. The van der Waals surface area contributed by atoms with Crippen molar-refractivity contribution >= 4 is 27.3 Å². The lowest BCUT2D eigenvalue weighted by Crippen LogP contribution is -2.41. The summed E-state index contributed by atoms with van der Waals surface area (Å²) in [5.74, 6) is -0.500. The van der Waals surface area contributed by atoms with Crippen LogP contribution in [0.1, 0.15) is 31.0 Å². The van der Waals surface area contributed by atoms with Gasteiger partial charge in [-0.15, -0.1) is 0 Å². The number of sulfonamides is 1. The molecule has 9 heteroatoms. The molecule has 8 nitrogen and oxygen atoms in total. The van der Waals surface area contributed by atoms with E-state index >= 15 is 0 Å². The van der Waals surface area contributed by atoms with Crippen LogP contribution in [0.15, 0.2) is 83.8 Å². The molecular formula is C24H25N3O5S. The number of non-ortho nitro benzene ring substituents is 1. The topological polar surface area (TPSA) is 110 Å². The molecule has 0 aliphatic carbocycles. The molecule has 0 spiro atoms. The second-order valence-electron chi connectivity index (χ2n) is 7.48. The van der Waals surface area contributed by atoms with Crippen LogP contribution in [-0.2, 0) is 21.2 Å². The summed E-state index contributed by atoms with van der Waals surface area (Å²) in [6, 6.07) is 20.3. The van der Waals surface area contributed by atoms with Crippen molar-refractivity contribution in [3.63, 3.8) is 0 Å². The molecule has 1 atom stereocenters. The van der Waals surface area contributed by atoms with E-state index in [2.05, 4.69) is 12.2 Å². The van der Waals surface area contributed by atoms with Crippen LogP contribution >= 0.6 is 0 Å². The monoisotopic (exact) mass is 467 g/mol. The zero-order valence-electron chi connectivity index (χ0n) is 18.3. The Balaban J connectivity index is 1.87. The van der Waals surface area contributed by atoms with Gasteiger partial charge < -0.3 is 5.32 Å². The summed E-state index contributed by atoms with van der Waals surface area (Å²) in [6.45, 7) is 3.40. The summed E-state index contributed by atoms with van der Waals surface area (Å²) < 4.78 is 27.6. The van der Waals surface area contributed by atoms with Crippen LogP contribution in [0, 0.1) is 10.1 Å². The number of hydrogen-bond acceptors (Lipinski definition) is 5. The number of carbonyl (C=O) groups excluding carboxylic acids is 1. The largest absolute Gasteiger partial charge is 0.348 e. The maximum atomic E-state index is 13.3. The Morgan fingerprint density at radius 3 is 2.15 bits per heavy atom. The average Bonchev–Trinajstić information content (AvgIpc) is 2.83. The van der Waals surface area contributed by atoms with E-state index < -0.39 is 27.4 Å². The number of aryl methyl sites for hydroxylation is 1. The third-order valence-electron chi connectivity index (χ3n) is 5.23. The molecule has 0 fully saturated rings.